The number of amides is 1. The standard InChI is InChI=1S/C15H21N3O4/c1-4-8-21-15(20)9(3)18-13-11(6-7-12(16)17-13)22-10(5-2)14(18)19/h6-7,9-10H,4-5,8H2,1-3H3,(H2,16,17). The molecule has 0 fully saturated rings. The molecule has 0 bridgehead atoms. The van der Waals surface area contributed by atoms with Crippen LogP contribution in [-0.4, -0.2) is 35.6 Å². The van der Waals surface area contributed by atoms with Gasteiger partial charge in [-0.3, -0.25) is 9.69 Å². The van der Waals surface area contributed by atoms with Crippen molar-refractivity contribution < 1.29 is 19.1 Å². The molecule has 0 spiro atoms. The van der Waals surface area contributed by atoms with Crippen LogP contribution in [0.5, 0.6) is 5.75 Å². The first-order chi connectivity index (χ1) is 10.5. The molecule has 2 N–H and O–H groups in total. The van der Waals surface area contributed by atoms with Gasteiger partial charge in [0.1, 0.15) is 11.9 Å². The number of nitrogens with zero attached hydrogens (tertiary/aromatic N) is 2. The number of nitrogens with two attached hydrogens (primary N) is 1. The number of anilines is 2. The van der Waals surface area contributed by atoms with Gasteiger partial charge >= 0.3 is 5.97 Å². The zero-order chi connectivity index (χ0) is 16.3. The van der Waals surface area contributed by atoms with E-state index in [1.807, 2.05) is 13.8 Å². The molecule has 1 aliphatic rings. The Labute approximate surface area is 129 Å². The molecule has 0 saturated heterocycles. The maximum Gasteiger partial charge on any atom is 0.329 e. The largest absolute Gasteiger partial charge is 0.477 e. The number of fused-ring (bicyclic) bond motifs is 1. The summed E-state index contributed by atoms with van der Waals surface area (Å²) in [5, 5.41) is 0. The van der Waals surface area contributed by atoms with Crippen molar-refractivity contribution in [3.63, 3.8) is 0 Å². The van der Waals surface area contributed by atoms with Crippen molar-refractivity contribution in [1.29, 1.82) is 0 Å². The number of esters is 1. The minimum absolute atomic E-state index is 0.254. The lowest BCUT2D eigenvalue weighted by Gasteiger charge is -2.35. The fourth-order valence-corrected chi connectivity index (χ4v) is 2.24. The Bertz CT molecular complexity index is 576. The second kappa shape index (κ2) is 6.64. The smallest absolute Gasteiger partial charge is 0.329 e. The minimum Gasteiger partial charge on any atom is -0.477 e. The molecule has 7 nitrogen and oxygen atoms in total. The lowest BCUT2D eigenvalue weighted by atomic mass is 10.1. The zero-order valence-corrected chi connectivity index (χ0v) is 13.0. The quantitative estimate of drug-likeness (QED) is 0.829. The highest BCUT2D eigenvalue weighted by atomic mass is 16.5. The van der Waals surface area contributed by atoms with Gasteiger partial charge in [0.05, 0.1) is 6.61 Å². The first-order valence-electron chi connectivity index (χ1n) is 7.42. The van der Waals surface area contributed by atoms with Gasteiger partial charge in [0.2, 0.25) is 0 Å². The summed E-state index contributed by atoms with van der Waals surface area (Å²) in [5.74, 6) is 0.173. The maximum absolute atomic E-state index is 12.6. The van der Waals surface area contributed by atoms with E-state index in [9.17, 15) is 9.59 Å². The van der Waals surface area contributed by atoms with Gasteiger partial charge in [-0.15, -0.1) is 0 Å². The molecule has 0 aliphatic carbocycles. The van der Waals surface area contributed by atoms with Crippen molar-refractivity contribution in [3.8, 4) is 5.75 Å². The number of carbonyl (C=O) groups is 2. The normalized spacial score (nSPS) is 18.4. The molecular formula is C15H21N3O4. The third kappa shape index (κ3) is 2.98. The van der Waals surface area contributed by atoms with Crippen molar-refractivity contribution >= 4 is 23.5 Å². The number of aromatic nitrogens is 1. The van der Waals surface area contributed by atoms with Crippen LogP contribution in [-0.2, 0) is 14.3 Å². The number of hydrogen-bond acceptors (Lipinski definition) is 6. The first-order valence-corrected chi connectivity index (χ1v) is 7.42. The second-order valence-electron chi connectivity index (χ2n) is 5.12. The molecule has 2 unspecified atom stereocenters. The number of carbonyl (C=O) groups excluding carboxylic acids is 2. The number of ether oxygens (including phenoxy) is 2. The predicted octanol–water partition coefficient (Wildman–Crippen LogP) is 1.51. The third-order valence-electron chi connectivity index (χ3n) is 3.42. The summed E-state index contributed by atoms with van der Waals surface area (Å²) in [4.78, 5) is 30.2. The van der Waals surface area contributed by atoms with E-state index in [1.165, 1.54) is 4.90 Å². The van der Waals surface area contributed by atoms with Crippen molar-refractivity contribution in [1.82, 2.24) is 4.98 Å². The highest BCUT2D eigenvalue weighted by Gasteiger charge is 2.40. The fourth-order valence-electron chi connectivity index (χ4n) is 2.24. The summed E-state index contributed by atoms with van der Waals surface area (Å²) in [6.45, 7) is 5.68. The molecule has 0 saturated carbocycles. The Morgan fingerprint density at radius 3 is 2.86 bits per heavy atom. The minimum atomic E-state index is -0.787. The SMILES string of the molecule is CCCOC(=O)C(C)N1C(=O)C(CC)Oc2ccc(N)nc21. The number of pyridine rings is 1. The Kier molecular flexibility index (Phi) is 4.85. The van der Waals surface area contributed by atoms with Gasteiger partial charge in [0.15, 0.2) is 17.7 Å². The summed E-state index contributed by atoms with van der Waals surface area (Å²) in [6, 6.07) is 2.47. The van der Waals surface area contributed by atoms with E-state index in [4.69, 9.17) is 15.2 Å². The number of hydrogen-bond donors (Lipinski definition) is 1. The van der Waals surface area contributed by atoms with Gasteiger partial charge < -0.3 is 15.2 Å². The molecule has 7 heteroatoms. The first kappa shape index (κ1) is 16.1. The van der Waals surface area contributed by atoms with Crippen molar-refractivity contribution in [2.45, 2.75) is 45.8 Å². The Morgan fingerprint density at radius 2 is 2.23 bits per heavy atom. The Balaban J connectivity index is 2.37. The van der Waals surface area contributed by atoms with Crippen LogP contribution >= 0.6 is 0 Å². The molecule has 2 atom stereocenters. The summed E-state index contributed by atoms with van der Waals surface area (Å²) in [7, 11) is 0. The Morgan fingerprint density at radius 1 is 1.50 bits per heavy atom. The lowest BCUT2D eigenvalue weighted by molar-refractivity contribution is -0.146. The van der Waals surface area contributed by atoms with Crippen molar-refractivity contribution in [2.75, 3.05) is 17.2 Å². The van der Waals surface area contributed by atoms with Gasteiger partial charge in [-0.1, -0.05) is 13.8 Å². The molecule has 0 aromatic carbocycles. The van der Waals surface area contributed by atoms with Crippen molar-refractivity contribution in [3.05, 3.63) is 12.1 Å². The molecule has 1 aliphatic heterocycles. The van der Waals surface area contributed by atoms with Crippen LogP contribution in [0.2, 0.25) is 0 Å². The van der Waals surface area contributed by atoms with Gasteiger partial charge in [-0.2, -0.15) is 0 Å². The van der Waals surface area contributed by atoms with Gasteiger partial charge in [0.25, 0.3) is 5.91 Å². The topological polar surface area (TPSA) is 94.8 Å². The molecule has 120 valence electrons. The summed E-state index contributed by atoms with van der Waals surface area (Å²) in [6.07, 6.45) is 0.574. The highest BCUT2D eigenvalue weighted by Crippen LogP contribution is 2.35. The fraction of sp³-hybridized carbons (Fsp3) is 0.533. The summed E-state index contributed by atoms with van der Waals surface area (Å²) < 4.78 is 10.8. The highest BCUT2D eigenvalue weighted by molar-refractivity contribution is 6.03. The van der Waals surface area contributed by atoms with Crippen LogP contribution in [0.15, 0.2) is 12.1 Å². The molecule has 22 heavy (non-hydrogen) atoms. The zero-order valence-electron chi connectivity index (χ0n) is 13.0. The van der Waals surface area contributed by atoms with Crippen LogP contribution in [0, 0.1) is 0 Å². The van der Waals surface area contributed by atoms with Crippen molar-refractivity contribution in [2.24, 2.45) is 0 Å². The van der Waals surface area contributed by atoms with E-state index >= 15 is 0 Å². The van der Waals surface area contributed by atoms with E-state index in [0.29, 0.717) is 18.8 Å². The Hall–Kier alpha value is -2.31. The molecule has 0 radical (unpaired) electrons. The van der Waals surface area contributed by atoms with Crippen LogP contribution in [0.3, 0.4) is 0 Å². The average molecular weight is 307 g/mol. The molecular weight excluding hydrogens is 286 g/mol. The number of nitrogen functional groups attached to an aromatic ring is 1. The summed E-state index contributed by atoms with van der Waals surface area (Å²) >= 11 is 0. The van der Waals surface area contributed by atoms with Crippen LogP contribution in [0.4, 0.5) is 11.6 Å². The third-order valence-corrected chi connectivity index (χ3v) is 3.42. The molecule has 2 rings (SSSR count). The molecule has 2 heterocycles. The number of rotatable bonds is 5. The van der Waals surface area contributed by atoms with Gasteiger partial charge in [0, 0.05) is 0 Å². The molecule has 1 aromatic heterocycles. The van der Waals surface area contributed by atoms with E-state index in [0.717, 1.165) is 6.42 Å². The average Bonchev–Trinajstić information content (AvgIpc) is 2.51. The van der Waals surface area contributed by atoms with Gasteiger partial charge in [-0.25, -0.2) is 9.78 Å². The van der Waals surface area contributed by atoms with E-state index in [-0.39, 0.29) is 17.5 Å². The van der Waals surface area contributed by atoms with Crippen LogP contribution < -0.4 is 15.4 Å². The summed E-state index contributed by atoms with van der Waals surface area (Å²) in [5.41, 5.74) is 5.69. The van der Waals surface area contributed by atoms with Gasteiger partial charge in [-0.05, 0) is 31.9 Å². The van der Waals surface area contributed by atoms with E-state index < -0.39 is 18.1 Å². The molecule has 1 aromatic rings. The van der Waals surface area contributed by atoms with Crippen LogP contribution in [0.25, 0.3) is 0 Å². The predicted molar refractivity (Wildman–Crippen MR) is 81.6 cm³/mol. The monoisotopic (exact) mass is 307 g/mol. The molecule has 1 amide bonds. The maximum atomic E-state index is 12.6. The second-order valence-corrected chi connectivity index (χ2v) is 5.12. The van der Waals surface area contributed by atoms with Crippen LogP contribution in [0.1, 0.15) is 33.6 Å². The lowest BCUT2D eigenvalue weighted by Crippen LogP contribution is -2.53. The van der Waals surface area contributed by atoms with E-state index in [2.05, 4.69) is 4.98 Å². The van der Waals surface area contributed by atoms with E-state index in [1.54, 1.807) is 19.1 Å².